The molecule has 164 valence electrons. The maximum absolute atomic E-state index is 6.94. The van der Waals surface area contributed by atoms with Crippen molar-refractivity contribution in [2.45, 2.75) is 77.8 Å². The van der Waals surface area contributed by atoms with Gasteiger partial charge in [0, 0.05) is 32.5 Å². The van der Waals surface area contributed by atoms with Gasteiger partial charge in [0.2, 0.25) is 5.79 Å². The topological polar surface area (TPSA) is 39.7 Å². The molecule has 4 nitrogen and oxygen atoms in total. The molecule has 0 aromatic heterocycles. The van der Waals surface area contributed by atoms with Gasteiger partial charge in [-0.1, -0.05) is 57.2 Å². The van der Waals surface area contributed by atoms with Gasteiger partial charge in [-0.25, -0.2) is 0 Å². The van der Waals surface area contributed by atoms with Crippen LogP contribution >= 0.6 is 0 Å². The minimum atomic E-state index is -1.75. The number of rotatable bonds is 10. The van der Waals surface area contributed by atoms with Gasteiger partial charge in [-0.15, -0.1) is 0 Å². The Balaban J connectivity index is 1.79. The monoisotopic (exact) mass is 427 g/mol. The van der Waals surface area contributed by atoms with Crippen molar-refractivity contribution in [2.75, 3.05) is 6.54 Å². The summed E-state index contributed by atoms with van der Waals surface area (Å²) in [4.78, 5) is 0. The maximum Gasteiger partial charge on any atom is 0.205 e. The Morgan fingerprint density at radius 2 is 1.73 bits per heavy atom. The molecule has 0 radical (unpaired) electrons. The average Bonchev–Trinajstić information content (AvgIpc) is 2.76. The van der Waals surface area contributed by atoms with Crippen LogP contribution in [0.2, 0.25) is 18.1 Å². The molecule has 0 spiro atoms. The highest BCUT2D eigenvalue weighted by molar-refractivity contribution is 6.73. The summed E-state index contributed by atoms with van der Waals surface area (Å²) in [5, 5.41) is 3.62. The second kappa shape index (κ2) is 10.1. The minimum absolute atomic E-state index is 0.0282. The molecule has 3 rings (SSSR count). The summed E-state index contributed by atoms with van der Waals surface area (Å²) in [5.41, 5.74) is 3.59. The lowest BCUT2D eigenvalue weighted by Crippen LogP contribution is -2.40. The smallest absolute Gasteiger partial charge is 0.205 e. The molecule has 0 bridgehead atoms. The van der Waals surface area contributed by atoms with E-state index in [1.807, 2.05) is 13.8 Å². The number of ether oxygens (including phenoxy) is 2. The molecule has 0 fully saturated rings. The van der Waals surface area contributed by atoms with Crippen LogP contribution in [-0.2, 0) is 22.3 Å². The molecule has 0 saturated carbocycles. The highest BCUT2D eigenvalue weighted by atomic mass is 28.4. The number of fused-ring (bicyclic) bond motifs is 1. The van der Waals surface area contributed by atoms with E-state index in [0.29, 0.717) is 6.61 Å². The molecular formula is C25H37NO3Si. The predicted molar refractivity (Wildman–Crippen MR) is 125 cm³/mol. The van der Waals surface area contributed by atoms with Gasteiger partial charge < -0.3 is 19.2 Å². The van der Waals surface area contributed by atoms with Gasteiger partial charge in [-0.3, -0.25) is 0 Å². The Labute approximate surface area is 183 Å². The molecule has 1 unspecified atom stereocenters. The van der Waals surface area contributed by atoms with Crippen LogP contribution in [0, 0.1) is 0 Å². The van der Waals surface area contributed by atoms with Crippen LogP contribution < -0.4 is 10.1 Å². The van der Waals surface area contributed by atoms with Crippen molar-refractivity contribution in [3.8, 4) is 5.75 Å². The van der Waals surface area contributed by atoms with Crippen LogP contribution in [-0.4, -0.2) is 20.6 Å². The third kappa shape index (κ3) is 5.73. The molecular weight excluding hydrogens is 390 g/mol. The summed E-state index contributed by atoms with van der Waals surface area (Å²) in [7, 11) is -1.75. The fourth-order valence-electron chi connectivity index (χ4n) is 4.03. The average molecular weight is 428 g/mol. The van der Waals surface area contributed by atoms with Gasteiger partial charge in [0.25, 0.3) is 0 Å². The van der Waals surface area contributed by atoms with Gasteiger partial charge in [0.05, 0.1) is 12.7 Å². The van der Waals surface area contributed by atoms with E-state index in [-0.39, 0.29) is 6.10 Å². The van der Waals surface area contributed by atoms with E-state index in [1.165, 1.54) is 11.1 Å². The molecule has 1 heterocycles. The van der Waals surface area contributed by atoms with Crippen LogP contribution in [0.4, 0.5) is 0 Å². The molecule has 2 aromatic carbocycles. The lowest BCUT2D eigenvalue weighted by Gasteiger charge is -2.35. The summed E-state index contributed by atoms with van der Waals surface area (Å²) < 4.78 is 18.8. The fourth-order valence-corrected chi connectivity index (χ4v) is 6.85. The summed E-state index contributed by atoms with van der Waals surface area (Å²) >= 11 is 0. The van der Waals surface area contributed by atoms with Crippen molar-refractivity contribution in [3.05, 3.63) is 65.2 Å². The first-order valence-corrected chi connectivity index (χ1v) is 13.8. The normalized spacial score (nSPS) is 16.6. The first-order valence-electron chi connectivity index (χ1n) is 11.3. The molecule has 1 aliphatic rings. The lowest BCUT2D eigenvalue weighted by molar-refractivity contribution is -0.180. The molecule has 1 N–H and O–H groups in total. The summed E-state index contributed by atoms with van der Waals surface area (Å²) in [6.07, 6.45) is 0.0282. The second-order valence-corrected chi connectivity index (χ2v) is 13.3. The molecule has 0 amide bonds. The van der Waals surface area contributed by atoms with Crippen molar-refractivity contribution in [2.24, 2.45) is 0 Å². The van der Waals surface area contributed by atoms with Crippen molar-refractivity contribution in [1.29, 1.82) is 0 Å². The van der Waals surface area contributed by atoms with Crippen LogP contribution in [0.15, 0.2) is 48.5 Å². The van der Waals surface area contributed by atoms with Gasteiger partial charge in [0.1, 0.15) is 5.75 Å². The Kier molecular flexibility index (Phi) is 7.74. The molecule has 2 aromatic rings. The van der Waals surface area contributed by atoms with E-state index in [2.05, 4.69) is 74.6 Å². The second-order valence-electron chi connectivity index (χ2n) is 8.62. The molecule has 1 aliphatic heterocycles. The first kappa shape index (κ1) is 23.0. The molecule has 30 heavy (non-hydrogen) atoms. The highest BCUT2D eigenvalue weighted by Gasteiger charge is 2.33. The van der Waals surface area contributed by atoms with Crippen LogP contribution in [0.25, 0.3) is 0 Å². The highest BCUT2D eigenvalue weighted by Crippen LogP contribution is 2.35. The van der Waals surface area contributed by atoms with Gasteiger partial charge in [-0.05, 0) is 41.4 Å². The lowest BCUT2D eigenvalue weighted by atomic mass is 10.0. The number of hydrogen-bond acceptors (Lipinski definition) is 4. The van der Waals surface area contributed by atoms with E-state index < -0.39 is 14.1 Å². The maximum atomic E-state index is 6.94. The van der Waals surface area contributed by atoms with Gasteiger partial charge in [0.15, 0.2) is 8.32 Å². The zero-order chi connectivity index (χ0) is 21.6. The molecule has 5 heteroatoms. The molecule has 1 atom stereocenters. The predicted octanol–water partition coefficient (Wildman–Crippen LogP) is 6.18. The quantitative estimate of drug-likeness (QED) is 0.459. The Hall–Kier alpha value is -1.66. The van der Waals surface area contributed by atoms with Crippen molar-refractivity contribution in [1.82, 2.24) is 5.32 Å². The zero-order valence-electron chi connectivity index (χ0n) is 19.2. The summed E-state index contributed by atoms with van der Waals surface area (Å²) in [6, 6.07) is 20.4. The van der Waals surface area contributed by atoms with Crippen molar-refractivity contribution in [3.63, 3.8) is 0 Å². The first-order chi connectivity index (χ1) is 14.4. The van der Waals surface area contributed by atoms with E-state index in [1.54, 1.807) is 0 Å². The van der Waals surface area contributed by atoms with Crippen LogP contribution in [0.3, 0.4) is 0 Å². The van der Waals surface area contributed by atoms with E-state index in [9.17, 15) is 0 Å². The van der Waals surface area contributed by atoms with E-state index in [0.717, 1.165) is 42.5 Å². The largest absolute Gasteiger partial charge is 0.463 e. The van der Waals surface area contributed by atoms with Gasteiger partial charge >= 0.3 is 0 Å². The molecule has 0 aliphatic carbocycles. The summed E-state index contributed by atoms with van der Waals surface area (Å²) in [6.45, 7) is 12.9. The van der Waals surface area contributed by atoms with Crippen molar-refractivity contribution < 1.29 is 13.9 Å². The van der Waals surface area contributed by atoms with Crippen LogP contribution in [0.5, 0.6) is 5.75 Å². The minimum Gasteiger partial charge on any atom is -0.463 e. The Morgan fingerprint density at radius 1 is 1.03 bits per heavy atom. The summed E-state index contributed by atoms with van der Waals surface area (Å²) in [5.74, 6) is 0.340. The number of hydrogen-bond donors (Lipinski definition) is 1. The zero-order valence-corrected chi connectivity index (χ0v) is 20.2. The third-order valence-electron chi connectivity index (χ3n) is 6.21. The van der Waals surface area contributed by atoms with Crippen molar-refractivity contribution >= 4 is 8.32 Å². The molecule has 0 saturated heterocycles. The fraction of sp³-hybridized carbons (Fsp3) is 0.520. The standard InChI is InChI=1S/C25H37NO3Si/c1-6-30(7-2,8-3)29-24(18-26-17-20-12-10-9-11-13-20)21-14-15-23-22(16-21)19-27-25(4,5)28-23/h9-16,24,26H,6-8,17-19H2,1-5H3. The Morgan fingerprint density at radius 3 is 2.40 bits per heavy atom. The Bertz CT molecular complexity index is 797. The number of benzene rings is 2. The third-order valence-corrected chi connectivity index (χ3v) is 10.9. The van der Waals surface area contributed by atoms with E-state index >= 15 is 0 Å². The SMILES string of the molecule is CC[Si](CC)(CC)OC(CNCc1ccccc1)c1ccc2c(c1)COC(C)(C)O2. The van der Waals surface area contributed by atoms with E-state index in [4.69, 9.17) is 13.9 Å². The van der Waals surface area contributed by atoms with Crippen LogP contribution in [0.1, 0.15) is 57.4 Å². The number of nitrogens with one attached hydrogen (secondary N) is 1. The van der Waals surface area contributed by atoms with Gasteiger partial charge in [-0.2, -0.15) is 0 Å².